The molecule has 0 bridgehead atoms. The SMILES string of the molecule is CC(C)(CNC(=O)[C@@H]1CC[C@@H]1C(=O)O)c1ccc(C(F)(F)F)cc1. The third kappa shape index (κ3) is 3.88. The fourth-order valence-electron chi connectivity index (χ4n) is 2.76. The molecule has 1 aromatic rings. The molecule has 0 saturated heterocycles. The van der Waals surface area contributed by atoms with Crippen molar-refractivity contribution in [2.75, 3.05) is 6.54 Å². The van der Waals surface area contributed by atoms with Gasteiger partial charge in [0, 0.05) is 12.0 Å². The predicted molar refractivity (Wildman–Crippen MR) is 81.3 cm³/mol. The lowest BCUT2D eigenvalue weighted by molar-refractivity contribution is -0.152. The van der Waals surface area contributed by atoms with Crippen LogP contribution in [-0.2, 0) is 21.2 Å². The Bertz CT molecular complexity index is 623. The Labute approximate surface area is 138 Å². The minimum atomic E-state index is -4.38. The molecule has 7 heteroatoms. The van der Waals surface area contributed by atoms with E-state index in [-0.39, 0.29) is 12.5 Å². The normalized spacial score (nSPS) is 21.0. The highest BCUT2D eigenvalue weighted by atomic mass is 19.4. The number of nitrogens with one attached hydrogen (secondary N) is 1. The van der Waals surface area contributed by atoms with E-state index in [1.54, 1.807) is 0 Å². The predicted octanol–water partition coefficient (Wildman–Crippen LogP) is 3.21. The van der Waals surface area contributed by atoms with Crippen molar-refractivity contribution in [3.8, 4) is 0 Å². The first-order valence-electron chi connectivity index (χ1n) is 7.70. The van der Waals surface area contributed by atoms with Gasteiger partial charge in [-0.1, -0.05) is 26.0 Å². The summed E-state index contributed by atoms with van der Waals surface area (Å²) in [7, 11) is 0. The van der Waals surface area contributed by atoms with Crippen LogP contribution in [0.2, 0.25) is 0 Å². The molecule has 2 N–H and O–H groups in total. The highest BCUT2D eigenvalue weighted by Crippen LogP contribution is 2.35. The summed E-state index contributed by atoms with van der Waals surface area (Å²) in [6.45, 7) is 3.84. The lowest BCUT2D eigenvalue weighted by Crippen LogP contribution is -2.47. The van der Waals surface area contributed by atoms with Crippen molar-refractivity contribution in [3.63, 3.8) is 0 Å². The molecule has 1 aromatic carbocycles. The van der Waals surface area contributed by atoms with Gasteiger partial charge in [-0.2, -0.15) is 13.2 Å². The van der Waals surface area contributed by atoms with Crippen molar-refractivity contribution < 1.29 is 27.9 Å². The van der Waals surface area contributed by atoms with E-state index in [4.69, 9.17) is 5.11 Å². The van der Waals surface area contributed by atoms with E-state index in [9.17, 15) is 22.8 Å². The molecule has 24 heavy (non-hydrogen) atoms. The number of carboxylic acids is 1. The van der Waals surface area contributed by atoms with Crippen molar-refractivity contribution in [2.45, 2.75) is 38.3 Å². The summed E-state index contributed by atoms with van der Waals surface area (Å²) in [5.74, 6) is -2.44. The van der Waals surface area contributed by atoms with Crippen molar-refractivity contribution >= 4 is 11.9 Å². The third-order valence-corrected chi connectivity index (χ3v) is 4.63. The monoisotopic (exact) mass is 343 g/mol. The van der Waals surface area contributed by atoms with E-state index in [0.29, 0.717) is 18.4 Å². The van der Waals surface area contributed by atoms with Crippen LogP contribution in [0, 0.1) is 11.8 Å². The number of carbonyl (C=O) groups is 2. The number of carboxylic acid groups (broad SMARTS) is 1. The fraction of sp³-hybridized carbons (Fsp3) is 0.529. The molecule has 4 nitrogen and oxygen atoms in total. The Balaban J connectivity index is 1.98. The van der Waals surface area contributed by atoms with Crippen molar-refractivity contribution in [3.05, 3.63) is 35.4 Å². The van der Waals surface area contributed by atoms with Crippen LogP contribution in [0.15, 0.2) is 24.3 Å². The molecule has 2 rings (SSSR count). The van der Waals surface area contributed by atoms with E-state index < -0.39 is 35.0 Å². The first-order chi connectivity index (χ1) is 11.0. The van der Waals surface area contributed by atoms with Crippen LogP contribution < -0.4 is 5.32 Å². The Hall–Kier alpha value is -2.05. The highest BCUT2D eigenvalue weighted by molar-refractivity contribution is 5.86. The van der Waals surface area contributed by atoms with Crippen molar-refractivity contribution in [1.29, 1.82) is 0 Å². The average Bonchev–Trinajstić information content (AvgIpc) is 2.42. The number of rotatable bonds is 5. The number of amides is 1. The zero-order valence-corrected chi connectivity index (χ0v) is 13.5. The topological polar surface area (TPSA) is 66.4 Å². The van der Waals surface area contributed by atoms with Gasteiger partial charge in [-0.3, -0.25) is 9.59 Å². The van der Waals surface area contributed by atoms with Crippen LogP contribution in [-0.4, -0.2) is 23.5 Å². The first-order valence-corrected chi connectivity index (χ1v) is 7.70. The van der Waals surface area contributed by atoms with Crippen LogP contribution in [0.4, 0.5) is 13.2 Å². The number of halogens is 3. The maximum absolute atomic E-state index is 12.6. The molecule has 1 aliphatic carbocycles. The summed E-state index contributed by atoms with van der Waals surface area (Å²) in [6, 6.07) is 4.84. The number of hydrogen-bond donors (Lipinski definition) is 2. The zero-order chi connectivity index (χ0) is 18.1. The summed E-state index contributed by atoms with van der Waals surface area (Å²) < 4.78 is 37.8. The summed E-state index contributed by atoms with van der Waals surface area (Å²) in [5.41, 5.74) is -0.619. The molecule has 0 aromatic heterocycles. The Morgan fingerprint density at radius 2 is 1.58 bits per heavy atom. The van der Waals surface area contributed by atoms with Crippen molar-refractivity contribution in [2.24, 2.45) is 11.8 Å². The Morgan fingerprint density at radius 1 is 1.08 bits per heavy atom. The minimum Gasteiger partial charge on any atom is -0.481 e. The molecule has 0 unspecified atom stereocenters. The van der Waals surface area contributed by atoms with Gasteiger partial charge in [0.2, 0.25) is 5.91 Å². The molecule has 1 amide bonds. The third-order valence-electron chi connectivity index (χ3n) is 4.63. The van der Waals surface area contributed by atoms with Gasteiger partial charge in [0.05, 0.1) is 17.4 Å². The maximum atomic E-state index is 12.6. The van der Waals surface area contributed by atoms with Gasteiger partial charge >= 0.3 is 12.1 Å². The number of carbonyl (C=O) groups excluding carboxylic acids is 1. The van der Waals surface area contributed by atoms with Crippen LogP contribution in [0.1, 0.15) is 37.8 Å². The number of hydrogen-bond acceptors (Lipinski definition) is 2. The molecule has 1 aliphatic rings. The first kappa shape index (κ1) is 18.3. The number of benzene rings is 1. The van der Waals surface area contributed by atoms with Gasteiger partial charge in [-0.05, 0) is 30.5 Å². The minimum absolute atomic E-state index is 0.222. The van der Waals surface area contributed by atoms with E-state index in [1.165, 1.54) is 12.1 Å². The van der Waals surface area contributed by atoms with Gasteiger partial charge in [-0.15, -0.1) is 0 Å². The average molecular weight is 343 g/mol. The standard InChI is InChI=1S/C17H20F3NO3/c1-16(2,10-3-5-11(6-4-10)17(18,19)20)9-21-14(22)12-7-8-13(12)15(23)24/h3-6,12-13H,7-9H2,1-2H3,(H,21,22)(H,23,24)/t12-,13+/m1/s1. The van der Waals surface area contributed by atoms with E-state index in [2.05, 4.69) is 5.32 Å². The van der Waals surface area contributed by atoms with Gasteiger partial charge in [-0.25, -0.2) is 0 Å². The second-order valence-electron chi connectivity index (χ2n) is 6.81. The van der Waals surface area contributed by atoms with Gasteiger partial charge in [0.1, 0.15) is 0 Å². The lowest BCUT2D eigenvalue weighted by Gasteiger charge is -2.33. The molecule has 132 valence electrons. The van der Waals surface area contributed by atoms with Crippen molar-refractivity contribution in [1.82, 2.24) is 5.32 Å². The van der Waals surface area contributed by atoms with E-state index in [1.807, 2.05) is 13.8 Å². The molecule has 0 spiro atoms. The molecule has 1 saturated carbocycles. The second-order valence-corrected chi connectivity index (χ2v) is 6.81. The second kappa shape index (κ2) is 6.45. The molecule has 2 atom stereocenters. The van der Waals surface area contributed by atoms with Crippen LogP contribution in [0.3, 0.4) is 0 Å². The summed E-state index contributed by atoms with van der Waals surface area (Å²) in [4.78, 5) is 23.0. The summed E-state index contributed by atoms with van der Waals surface area (Å²) in [5, 5.41) is 11.7. The molecular weight excluding hydrogens is 323 g/mol. The van der Waals surface area contributed by atoms with E-state index >= 15 is 0 Å². The van der Waals surface area contributed by atoms with Crippen LogP contribution in [0.5, 0.6) is 0 Å². The summed E-state index contributed by atoms with van der Waals surface area (Å²) >= 11 is 0. The molecule has 0 radical (unpaired) electrons. The fourth-order valence-corrected chi connectivity index (χ4v) is 2.76. The lowest BCUT2D eigenvalue weighted by atomic mass is 9.73. The molecule has 1 fully saturated rings. The zero-order valence-electron chi connectivity index (χ0n) is 13.5. The molecule has 0 heterocycles. The maximum Gasteiger partial charge on any atom is 0.416 e. The largest absolute Gasteiger partial charge is 0.481 e. The van der Waals surface area contributed by atoms with E-state index in [0.717, 1.165) is 12.1 Å². The quantitative estimate of drug-likeness (QED) is 0.863. The van der Waals surface area contributed by atoms with Crippen LogP contribution in [0.25, 0.3) is 0 Å². The Kier molecular flexibility index (Phi) is 4.92. The summed E-state index contributed by atoms with van der Waals surface area (Å²) in [6.07, 6.45) is -3.34. The molecule has 0 aliphatic heterocycles. The van der Waals surface area contributed by atoms with Gasteiger partial charge < -0.3 is 10.4 Å². The van der Waals surface area contributed by atoms with Gasteiger partial charge in [0.15, 0.2) is 0 Å². The Morgan fingerprint density at radius 3 is 2.00 bits per heavy atom. The van der Waals surface area contributed by atoms with Gasteiger partial charge in [0.25, 0.3) is 0 Å². The molecular formula is C17H20F3NO3. The number of alkyl halides is 3. The smallest absolute Gasteiger partial charge is 0.416 e. The highest BCUT2D eigenvalue weighted by Gasteiger charge is 2.41. The van der Waals surface area contributed by atoms with Crippen LogP contribution >= 0.6 is 0 Å². The number of aliphatic carboxylic acids is 1.